The normalized spacial score (nSPS) is 27.8. The van der Waals surface area contributed by atoms with Crippen LogP contribution in [-0.2, 0) is 19.1 Å². The maximum absolute atomic E-state index is 14.2. The number of hydrogen-bond acceptors (Lipinski definition) is 6. The lowest BCUT2D eigenvalue weighted by molar-refractivity contribution is -0.154. The highest BCUT2D eigenvalue weighted by atomic mass is 32.2. The van der Waals surface area contributed by atoms with Gasteiger partial charge in [0, 0.05) is 31.5 Å². The highest BCUT2D eigenvalue weighted by molar-refractivity contribution is 8.02. The molecule has 208 valence electrons. The first-order chi connectivity index (χ1) is 18.0. The quantitative estimate of drug-likeness (QED) is 0.160. The first-order valence-electron chi connectivity index (χ1n) is 14.2. The molecule has 5 atom stereocenters. The van der Waals surface area contributed by atoms with Crippen molar-refractivity contribution in [1.29, 1.82) is 0 Å². The van der Waals surface area contributed by atoms with Crippen molar-refractivity contribution in [2.24, 2.45) is 11.8 Å². The minimum Gasteiger partial charge on any atom is -0.465 e. The molecule has 3 rings (SSSR count). The molecule has 0 aromatic heterocycles. The molecule has 8 heteroatoms. The number of hydrogen-bond donors (Lipinski definition) is 1. The standard InChI is InChI=1S/C29H46N2O5S/c1-4-7-9-14-21-36-28(35)23-22-15-16-29(37-22)24(23)26(33)31(19-12-10-13-20-32)25(29)27(34)30(17-6-3)18-11-8-5-2/h4,6,22-25,32H,1,3,5,7-21H2,2H3/t22-,23+,24+,25?,29?/m1/s1. The molecule has 0 aromatic carbocycles. The lowest BCUT2D eigenvalue weighted by Gasteiger charge is -2.37. The van der Waals surface area contributed by atoms with Gasteiger partial charge in [0.15, 0.2) is 0 Å². The minimum atomic E-state index is -0.577. The van der Waals surface area contributed by atoms with Crippen LogP contribution in [0.2, 0.25) is 0 Å². The van der Waals surface area contributed by atoms with Crippen LogP contribution in [0.3, 0.4) is 0 Å². The fourth-order valence-corrected chi connectivity index (χ4v) is 8.55. The first-order valence-corrected chi connectivity index (χ1v) is 15.1. The molecule has 0 radical (unpaired) electrons. The van der Waals surface area contributed by atoms with Crippen LogP contribution in [0.1, 0.15) is 77.6 Å². The second-order valence-corrected chi connectivity index (χ2v) is 12.2. The number of aliphatic hydroxyl groups excluding tert-OH is 1. The van der Waals surface area contributed by atoms with Gasteiger partial charge in [0.2, 0.25) is 11.8 Å². The van der Waals surface area contributed by atoms with Gasteiger partial charge in [-0.1, -0.05) is 31.9 Å². The van der Waals surface area contributed by atoms with Gasteiger partial charge in [0.05, 0.1) is 23.2 Å². The first kappa shape index (κ1) is 29.8. The van der Waals surface area contributed by atoms with Crippen molar-refractivity contribution >= 4 is 29.5 Å². The topological polar surface area (TPSA) is 87.1 Å². The zero-order chi connectivity index (χ0) is 26.8. The van der Waals surface area contributed by atoms with E-state index in [1.165, 1.54) is 0 Å². The summed E-state index contributed by atoms with van der Waals surface area (Å²) < 4.78 is 5.10. The number of likely N-dealkylation sites (tertiary alicyclic amines) is 1. The Balaban J connectivity index is 1.84. The minimum absolute atomic E-state index is 0.0133. The number of allylic oxidation sites excluding steroid dienone is 1. The highest BCUT2D eigenvalue weighted by Gasteiger charge is 2.74. The van der Waals surface area contributed by atoms with Gasteiger partial charge in [0.1, 0.15) is 6.04 Å². The zero-order valence-corrected chi connectivity index (χ0v) is 23.4. The van der Waals surface area contributed by atoms with Crippen LogP contribution in [0.15, 0.2) is 25.3 Å². The van der Waals surface area contributed by atoms with Gasteiger partial charge < -0.3 is 19.6 Å². The number of nitrogens with zero attached hydrogens (tertiary/aromatic N) is 2. The van der Waals surface area contributed by atoms with Crippen molar-refractivity contribution in [2.75, 3.05) is 32.8 Å². The van der Waals surface area contributed by atoms with E-state index < -0.39 is 22.6 Å². The van der Waals surface area contributed by atoms with Gasteiger partial charge >= 0.3 is 5.97 Å². The van der Waals surface area contributed by atoms with Gasteiger partial charge in [-0.25, -0.2) is 0 Å². The Labute approximate surface area is 227 Å². The Bertz CT molecular complexity index is 820. The van der Waals surface area contributed by atoms with Crippen molar-refractivity contribution in [3.8, 4) is 0 Å². The molecule has 2 unspecified atom stereocenters. The van der Waals surface area contributed by atoms with Crippen molar-refractivity contribution in [1.82, 2.24) is 9.80 Å². The smallest absolute Gasteiger partial charge is 0.310 e. The summed E-state index contributed by atoms with van der Waals surface area (Å²) in [5.41, 5.74) is 0. The van der Waals surface area contributed by atoms with Crippen molar-refractivity contribution in [3.63, 3.8) is 0 Å². The van der Waals surface area contributed by atoms with E-state index in [9.17, 15) is 19.5 Å². The number of unbranched alkanes of at least 4 members (excludes halogenated alkanes) is 6. The monoisotopic (exact) mass is 534 g/mol. The molecule has 2 bridgehead atoms. The maximum atomic E-state index is 14.2. The van der Waals surface area contributed by atoms with E-state index >= 15 is 0 Å². The van der Waals surface area contributed by atoms with Crippen LogP contribution in [0.5, 0.6) is 0 Å². The molecule has 3 heterocycles. The third-order valence-electron chi connectivity index (χ3n) is 8.10. The molecule has 1 N–H and O–H groups in total. The lowest BCUT2D eigenvalue weighted by atomic mass is 9.71. The third-order valence-corrected chi connectivity index (χ3v) is 10.1. The van der Waals surface area contributed by atoms with Gasteiger partial charge in [-0.05, 0) is 57.8 Å². The predicted octanol–water partition coefficient (Wildman–Crippen LogP) is 4.34. The number of thioether (sulfide) groups is 1. The number of rotatable bonds is 18. The summed E-state index contributed by atoms with van der Waals surface area (Å²) in [5, 5.41) is 9.23. The molecule has 7 nitrogen and oxygen atoms in total. The molecule has 3 aliphatic rings. The van der Waals surface area contributed by atoms with Crippen LogP contribution < -0.4 is 0 Å². The molecular weight excluding hydrogens is 488 g/mol. The summed E-state index contributed by atoms with van der Waals surface area (Å²) in [7, 11) is 0. The molecular formula is C29H46N2O5S. The summed E-state index contributed by atoms with van der Waals surface area (Å²) in [6.07, 6.45) is 13.0. The fraction of sp³-hybridized carbons (Fsp3) is 0.759. The van der Waals surface area contributed by atoms with Crippen molar-refractivity contribution in [2.45, 2.75) is 93.6 Å². The second kappa shape index (κ2) is 14.4. The van der Waals surface area contributed by atoms with E-state index in [1.807, 2.05) is 11.0 Å². The average Bonchev–Trinajstić information content (AvgIpc) is 3.53. The molecule has 0 aliphatic carbocycles. The average molecular weight is 535 g/mol. The van der Waals surface area contributed by atoms with Crippen LogP contribution in [0.4, 0.5) is 0 Å². The Morgan fingerprint density at radius 3 is 2.68 bits per heavy atom. The number of ether oxygens (including phenoxy) is 1. The number of fused-ring (bicyclic) bond motifs is 1. The number of carbonyl (C=O) groups is 3. The number of carbonyl (C=O) groups excluding carboxylic acids is 3. The van der Waals surface area contributed by atoms with Gasteiger partial charge in [-0.15, -0.1) is 24.9 Å². The van der Waals surface area contributed by atoms with E-state index in [1.54, 1.807) is 22.7 Å². The van der Waals surface area contributed by atoms with E-state index in [0.29, 0.717) is 32.7 Å². The highest BCUT2D eigenvalue weighted by Crippen LogP contribution is 2.66. The van der Waals surface area contributed by atoms with E-state index in [4.69, 9.17) is 4.74 Å². The molecule has 3 saturated heterocycles. The van der Waals surface area contributed by atoms with Crippen LogP contribution in [0.25, 0.3) is 0 Å². The number of aliphatic hydroxyl groups is 1. The Morgan fingerprint density at radius 2 is 1.97 bits per heavy atom. The lowest BCUT2D eigenvalue weighted by Crippen LogP contribution is -2.55. The second-order valence-electron chi connectivity index (χ2n) is 10.6. The molecule has 3 aliphatic heterocycles. The van der Waals surface area contributed by atoms with Crippen molar-refractivity contribution < 1.29 is 24.2 Å². The zero-order valence-electron chi connectivity index (χ0n) is 22.6. The fourth-order valence-electron chi connectivity index (χ4n) is 6.34. The van der Waals surface area contributed by atoms with E-state index in [0.717, 1.165) is 64.2 Å². The molecule has 2 amide bonds. The summed E-state index contributed by atoms with van der Waals surface area (Å²) >= 11 is 1.69. The number of esters is 1. The molecule has 3 fully saturated rings. The molecule has 0 aromatic rings. The molecule has 37 heavy (non-hydrogen) atoms. The summed E-state index contributed by atoms with van der Waals surface area (Å²) in [5.74, 6) is -1.37. The van der Waals surface area contributed by atoms with E-state index in [-0.39, 0.29) is 29.6 Å². The predicted molar refractivity (Wildman–Crippen MR) is 148 cm³/mol. The SMILES string of the molecule is C=CCCCCOC(=O)[C@@H]1[C@H]2C(=O)N(CCCCCO)C(C(=O)N(CC=C)CCCCC)C23CC[C@H]1S3. The third kappa shape index (κ3) is 6.44. The van der Waals surface area contributed by atoms with Gasteiger partial charge in [0.25, 0.3) is 0 Å². The van der Waals surface area contributed by atoms with Crippen LogP contribution >= 0.6 is 11.8 Å². The maximum Gasteiger partial charge on any atom is 0.310 e. The Hall–Kier alpha value is -1.80. The molecule has 0 saturated carbocycles. The van der Waals surface area contributed by atoms with Crippen LogP contribution in [-0.4, -0.2) is 81.6 Å². The Kier molecular flexibility index (Phi) is 11.6. The largest absolute Gasteiger partial charge is 0.465 e. The summed E-state index contributed by atoms with van der Waals surface area (Å²) in [4.78, 5) is 45.0. The Morgan fingerprint density at radius 1 is 1.16 bits per heavy atom. The van der Waals surface area contributed by atoms with Crippen molar-refractivity contribution in [3.05, 3.63) is 25.3 Å². The summed E-state index contributed by atoms with van der Waals surface area (Å²) in [6, 6.07) is -0.568. The van der Waals surface area contributed by atoms with Crippen LogP contribution in [0, 0.1) is 11.8 Å². The van der Waals surface area contributed by atoms with Gasteiger partial charge in [-0.3, -0.25) is 14.4 Å². The summed E-state index contributed by atoms with van der Waals surface area (Å²) in [6.45, 7) is 11.8. The number of amides is 2. The van der Waals surface area contributed by atoms with Gasteiger partial charge in [-0.2, -0.15) is 0 Å². The van der Waals surface area contributed by atoms with E-state index in [2.05, 4.69) is 20.1 Å². The molecule has 1 spiro atoms.